The quantitative estimate of drug-likeness (QED) is 0.482. The van der Waals surface area contributed by atoms with E-state index in [1.54, 1.807) is 15.4 Å². The smallest absolute Gasteiger partial charge is 0.408 e. The van der Waals surface area contributed by atoms with Gasteiger partial charge in [-0.1, -0.05) is 36.4 Å². The molecule has 0 aliphatic carbocycles. The second-order valence-corrected chi connectivity index (χ2v) is 9.09. The van der Waals surface area contributed by atoms with Gasteiger partial charge in [-0.15, -0.1) is 0 Å². The average Bonchev–Trinajstić information content (AvgIpc) is 3.18. The van der Waals surface area contributed by atoms with E-state index in [1.807, 2.05) is 95.5 Å². The number of rotatable bonds is 4. The molecule has 0 aliphatic rings. The molecule has 2 aromatic heterocycles. The molecule has 0 aliphatic heterocycles. The molecule has 0 radical (unpaired) electrons. The van der Waals surface area contributed by atoms with Crippen LogP contribution < -0.4 is 10.9 Å². The molecule has 4 rings (SSSR count). The summed E-state index contributed by atoms with van der Waals surface area (Å²) in [5.74, 6) is 0. The summed E-state index contributed by atoms with van der Waals surface area (Å²) in [6.07, 6.45) is 3.11. The maximum Gasteiger partial charge on any atom is 0.408 e. The molecular weight excluding hydrogens is 416 g/mol. The summed E-state index contributed by atoms with van der Waals surface area (Å²) in [5, 5.41) is 8.53. The maximum atomic E-state index is 14.0. The number of aromatic nitrogens is 3. The first kappa shape index (κ1) is 22.3. The van der Waals surface area contributed by atoms with Crippen LogP contribution in [0, 0.1) is 0 Å². The molecule has 0 saturated heterocycles. The predicted molar refractivity (Wildman–Crippen MR) is 130 cm³/mol. The van der Waals surface area contributed by atoms with Crippen molar-refractivity contribution in [2.24, 2.45) is 7.05 Å². The Bertz CT molecular complexity index is 1360. The lowest BCUT2D eigenvalue weighted by atomic mass is 10.00. The third-order valence-electron chi connectivity index (χ3n) is 5.28. The molecule has 0 unspecified atom stereocenters. The summed E-state index contributed by atoms with van der Waals surface area (Å²) in [6, 6.07) is 16.7. The first-order valence-electron chi connectivity index (χ1n) is 10.9. The fraction of sp³-hybridized carbons (Fsp3) is 0.269. The van der Waals surface area contributed by atoms with Crippen molar-refractivity contribution >= 4 is 16.9 Å². The van der Waals surface area contributed by atoms with Crippen molar-refractivity contribution in [3.05, 3.63) is 83.0 Å². The highest BCUT2D eigenvalue weighted by Crippen LogP contribution is 2.29. The van der Waals surface area contributed by atoms with Crippen molar-refractivity contribution in [3.8, 4) is 16.8 Å². The Hall–Kier alpha value is -3.87. The monoisotopic (exact) mass is 444 g/mol. The van der Waals surface area contributed by atoms with E-state index in [0.29, 0.717) is 11.1 Å². The van der Waals surface area contributed by atoms with Gasteiger partial charge < -0.3 is 10.1 Å². The van der Waals surface area contributed by atoms with E-state index in [1.165, 1.54) is 0 Å². The number of hydrogen-bond donors (Lipinski definition) is 1. The number of amides is 1. The molecule has 0 spiro atoms. The molecule has 0 fully saturated rings. The number of aryl methyl sites for hydroxylation is 1. The number of pyridine rings is 1. The summed E-state index contributed by atoms with van der Waals surface area (Å²) in [7, 11) is 1.85. The Morgan fingerprint density at radius 1 is 1.09 bits per heavy atom. The number of nitrogens with zero attached hydrogens (tertiary/aromatic N) is 3. The number of para-hydroxylation sites is 1. The summed E-state index contributed by atoms with van der Waals surface area (Å²) in [4.78, 5) is 26.4. The Kier molecular flexibility index (Phi) is 5.80. The number of ether oxygens (including phenoxy) is 1. The van der Waals surface area contributed by atoms with E-state index < -0.39 is 17.7 Å². The van der Waals surface area contributed by atoms with Crippen LogP contribution in [-0.2, 0) is 11.8 Å². The van der Waals surface area contributed by atoms with Crippen LogP contribution in [0.5, 0.6) is 0 Å². The molecule has 0 bridgehead atoms. The summed E-state index contributed by atoms with van der Waals surface area (Å²) in [6.45, 7) is 7.28. The van der Waals surface area contributed by atoms with Crippen LogP contribution in [0.4, 0.5) is 4.79 Å². The van der Waals surface area contributed by atoms with E-state index in [0.717, 1.165) is 22.2 Å². The van der Waals surface area contributed by atoms with Crippen LogP contribution in [0.2, 0.25) is 0 Å². The minimum absolute atomic E-state index is 0.161. The van der Waals surface area contributed by atoms with Gasteiger partial charge in [-0.2, -0.15) is 5.10 Å². The summed E-state index contributed by atoms with van der Waals surface area (Å²) >= 11 is 0. The van der Waals surface area contributed by atoms with Gasteiger partial charge in [0, 0.05) is 30.2 Å². The lowest BCUT2D eigenvalue weighted by Crippen LogP contribution is -2.36. The molecule has 170 valence electrons. The SMILES string of the molecule is C[C@H](NC(=O)OC(C)(C)C)c1cc2cccc(-c3cnn(C)c3)c2c(=O)n1-c1ccccc1. The van der Waals surface area contributed by atoms with Crippen molar-refractivity contribution in [1.29, 1.82) is 0 Å². The van der Waals surface area contributed by atoms with Gasteiger partial charge in [0.05, 0.1) is 17.6 Å². The lowest BCUT2D eigenvalue weighted by molar-refractivity contribution is 0.0506. The van der Waals surface area contributed by atoms with Crippen molar-refractivity contribution in [1.82, 2.24) is 19.7 Å². The van der Waals surface area contributed by atoms with Crippen LogP contribution in [0.25, 0.3) is 27.6 Å². The highest BCUT2D eigenvalue weighted by atomic mass is 16.6. The Balaban J connectivity index is 1.92. The molecule has 7 nitrogen and oxygen atoms in total. The minimum atomic E-state index is -0.620. The third kappa shape index (κ3) is 4.67. The number of hydrogen-bond acceptors (Lipinski definition) is 4. The standard InChI is InChI=1S/C26H28N4O3/c1-17(28-25(32)33-26(2,3)4)22-14-18-10-9-13-21(19-15-27-29(5)16-19)23(18)24(31)30(22)20-11-7-6-8-12-20/h6-17H,1-5H3,(H,28,32)/t17-/m0/s1. The molecule has 7 heteroatoms. The van der Waals surface area contributed by atoms with Crippen LogP contribution in [0.3, 0.4) is 0 Å². The summed E-state index contributed by atoms with van der Waals surface area (Å²) in [5.41, 5.74) is 2.28. The number of fused-ring (bicyclic) bond motifs is 1. The van der Waals surface area contributed by atoms with E-state index in [4.69, 9.17) is 4.74 Å². The van der Waals surface area contributed by atoms with Gasteiger partial charge in [0.15, 0.2) is 0 Å². The minimum Gasteiger partial charge on any atom is -0.444 e. The molecule has 2 heterocycles. The van der Waals surface area contributed by atoms with E-state index in [2.05, 4.69) is 10.4 Å². The van der Waals surface area contributed by atoms with Gasteiger partial charge >= 0.3 is 6.09 Å². The Morgan fingerprint density at radius 2 is 1.82 bits per heavy atom. The van der Waals surface area contributed by atoms with Gasteiger partial charge in [0.2, 0.25) is 0 Å². The fourth-order valence-corrected chi connectivity index (χ4v) is 3.90. The first-order valence-corrected chi connectivity index (χ1v) is 10.9. The van der Waals surface area contributed by atoms with Crippen molar-refractivity contribution in [2.45, 2.75) is 39.3 Å². The van der Waals surface area contributed by atoms with E-state index in [-0.39, 0.29) is 5.56 Å². The fourth-order valence-electron chi connectivity index (χ4n) is 3.90. The predicted octanol–water partition coefficient (Wildman–Crippen LogP) is 4.98. The van der Waals surface area contributed by atoms with E-state index in [9.17, 15) is 9.59 Å². The first-order chi connectivity index (χ1) is 15.6. The number of carbonyl (C=O) groups excluding carboxylic acids is 1. The number of nitrogens with one attached hydrogen (secondary N) is 1. The number of benzene rings is 2. The average molecular weight is 445 g/mol. The molecule has 0 saturated carbocycles. The third-order valence-corrected chi connectivity index (χ3v) is 5.28. The molecule has 1 amide bonds. The molecule has 1 atom stereocenters. The Morgan fingerprint density at radius 3 is 2.45 bits per heavy atom. The second kappa shape index (κ2) is 8.58. The molecule has 33 heavy (non-hydrogen) atoms. The highest BCUT2D eigenvalue weighted by Gasteiger charge is 2.22. The van der Waals surface area contributed by atoms with E-state index >= 15 is 0 Å². The van der Waals surface area contributed by atoms with Crippen LogP contribution in [-0.4, -0.2) is 26.0 Å². The topological polar surface area (TPSA) is 78.2 Å². The highest BCUT2D eigenvalue weighted by molar-refractivity contribution is 5.96. The van der Waals surface area contributed by atoms with Crippen LogP contribution in [0.1, 0.15) is 39.4 Å². The van der Waals surface area contributed by atoms with Crippen molar-refractivity contribution in [3.63, 3.8) is 0 Å². The van der Waals surface area contributed by atoms with Gasteiger partial charge in [0.1, 0.15) is 5.60 Å². The molecule has 1 N–H and O–H groups in total. The molecular formula is C26H28N4O3. The zero-order valence-electron chi connectivity index (χ0n) is 19.5. The zero-order chi connectivity index (χ0) is 23.8. The normalized spacial score (nSPS) is 12.5. The van der Waals surface area contributed by atoms with Crippen LogP contribution >= 0.6 is 0 Å². The summed E-state index contributed by atoms with van der Waals surface area (Å²) < 4.78 is 8.80. The number of carbonyl (C=O) groups is 1. The maximum absolute atomic E-state index is 14.0. The molecule has 2 aromatic carbocycles. The van der Waals surface area contributed by atoms with Gasteiger partial charge in [0.25, 0.3) is 5.56 Å². The van der Waals surface area contributed by atoms with Gasteiger partial charge in [-0.05, 0) is 56.8 Å². The second-order valence-electron chi connectivity index (χ2n) is 9.09. The molecule has 4 aromatic rings. The van der Waals surface area contributed by atoms with Crippen molar-refractivity contribution in [2.75, 3.05) is 0 Å². The number of alkyl carbamates (subject to hydrolysis) is 1. The van der Waals surface area contributed by atoms with Crippen LogP contribution in [0.15, 0.2) is 71.8 Å². The van der Waals surface area contributed by atoms with Crippen molar-refractivity contribution < 1.29 is 9.53 Å². The zero-order valence-corrected chi connectivity index (χ0v) is 19.5. The Labute approximate surface area is 192 Å². The van der Waals surface area contributed by atoms with Gasteiger partial charge in [-0.3, -0.25) is 14.0 Å². The largest absolute Gasteiger partial charge is 0.444 e. The lowest BCUT2D eigenvalue weighted by Gasteiger charge is -2.24. The van der Waals surface area contributed by atoms with Gasteiger partial charge in [-0.25, -0.2) is 4.79 Å².